The molecule has 2 aromatic rings. The maximum atomic E-state index is 11.1. The molecule has 3 N–H and O–H groups in total. The van der Waals surface area contributed by atoms with E-state index in [9.17, 15) is 4.79 Å². The van der Waals surface area contributed by atoms with Crippen molar-refractivity contribution in [1.29, 1.82) is 0 Å². The molecule has 0 saturated carbocycles. The van der Waals surface area contributed by atoms with E-state index in [0.29, 0.717) is 0 Å². The van der Waals surface area contributed by atoms with Gasteiger partial charge in [-0.3, -0.25) is 4.79 Å². The summed E-state index contributed by atoms with van der Waals surface area (Å²) in [6.07, 6.45) is 4.06. The lowest BCUT2D eigenvalue weighted by molar-refractivity contribution is -0.142. The van der Waals surface area contributed by atoms with Crippen LogP contribution in [0.4, 0.5) is 0 Å². The van der Waals surface area contributed by atoms with Gasteiger partial charge in [0.15, 0.2) is 0 Å². The number of nitrogens with two attached hydrogens (primary N) is 1. The second-order valence-corrected chi connectivity index (χ2v) is 5.00. The predicted molar refractivity (Wildman–Crippen MR) is 76.3 cm³/mol. The smallest absolute Gasteiger partial charge is 0.323 e. The molecule has 0 aliphatic rings. The Bertz CT molecular complexity index is 604. The summed E-state index contributed by atoms with van der Waals surface area (Å²) in [4.78, 5) is 11.1. The van der Waals surface area contributed by atoms with Gasteiger partial charge in [0.25, 0.3) is 0 Å². The van der Waals surface area contributed by atoms with Gasteiger partial charge in [-0.15, -0.1) is 0 Å². The maximum Gasteiger partial charge on any atom is 0.323 e. The summed E-state index contributed by atoms with van der Waals surface area (Å²) < 4.78 is 7.25. The Kier molecular flexibility index (Phi) is 3.81. The summed E-state index contributed by atoms with van der Waals surface area (Å²) in [5, 5.41) is 9.10. The van der Waals surface area contributed by atoms with Gasteiger partial charge < -0.3 is 20.1 Å². The van der Waals surface area contributed by atoms with Crippen LogP contribution >= 0.6 is 0 Å². The van der Waals surface area contributed by atoms with Crippen LogP contribution in [0.2, 0.25) is 0 Å². The van der Waals surface area contributed by atoms with Crippen LogP contribution < -0.4 is 10.5 Å². The Morgan fingerprint density at radius 2 is 2.05 bits per heavy atom. The SMILES string of the molecule is COc1ccc(C[C@](C)(N)C(=O)O)cc1-n1cccc1. The molecule has 1 atom stereocenters. The maximum absolute atomic E-state index is 11.1. The molecule has 106 valence electrons. The summed E-state index contributed by atoms with van der Waals surface area (Å²) in [7, 11) is 1.60. The lowest BCUT2D eigenvalue weighted by atomic mass is 9.94. The molecule has 20 heavy (non-hydrogen) atoms. The van der Waals surface area contributed by atoms with Gasteiger partial charge in [-0.1, -0.05) is 6.07 Å². The number of aliphatic carboxylic acids is 1. The minimum absolute atomic E-state index is 0.251. The number of benzene rings is 1. The molecule has 1 heterocycles. The number of carbonyl (C=O) groups is 1. The lowest BCUT2D eigenvalue weighted by Crippen LogP contribution is -2.46. The third kappa shape index (κ3) is 2.83. The van der Waals surface area contributed by atoms with Crippen molar-refractivity contribution in [2.24, 2.45) is 5.73 Å². The first-order valence-corrected chi connectivity index (χ1v) is 6.26. The first-order valence-electron chi connectivity index (χ1n) is 6.26. The first-order chi connectivity index (χ1) is 9.44. The number of rotatable bonds is 5. The number of ether oxygens (including phenoxy) is 1. The summed E-state index contributed by atoms with van der Waals surface area (Å²) >= 11 is 0. The van der Waals surface area contributed by atoms with Gasteiger partial charge in [-0.2, -0.15) is 0 Å². The van der Waals surface area contributed by atoms with Gasteiger partial charge in [0.1, 0.15) is 11.3 Å². The number of hydrogen-bond donors (Lipinski definition) is 2. The third-order valence-electron chi connectivity index (χ3n) is 3.19. The minimum Gasteiger partial charge on any atom is -0.495 e. The van der Waals surface area contributed by atoms with E-state index in [1.165, 1.54) is 6.92 Å². The van der Waals surface area contributed by atoms with Crippen molar-refractivity contribution < 1.29 is 14.6 Å². The molecule has 5 nitrogen and oxygen atoms in total. The van der Waals surface area contributed by atoms with E-state index in [2.05, 4.69) is 0 Å². The number of aromatic nitrogens is 1. The van der Waals surface area contributed by atoms with Crippen LogP contribution in [0.5, 0.6) is 5.75 Å². The fourth-order valence-electron chi connectivity index (χ4n) is 2.04. The van der Waals surface area contributed by atoms with E-state index >= 15 is 0 Å². The first kappa shape index (κ1) is 14.1. The van der Waals surface area contributed by atoms with Crippen molar-refractivity contribution >= 4 is 5.97 Å². The predicted octanol–water partition coefficient (Wildman–Crippen LogP) is 1.83. The third-order valence-corrected chi connectivity index (χ3v) is 3.19. The Balaban J connectivity index is 2.38. The minimum atomic E-state index is -1.29. The normalized spacial score (nSPS) is 13.8. The topological polar surface area (TPSA) is 77.5 Å². The number of hydrogen-bond acceptors (Lipinski definition) is 3. The van der Waals surface area contributed by atoms with Crippen molar-refractivity contribution in [3.8, 4) is 11.4 Å². The van der Waals surface area contributed by atoms with Crippen LogP contribution in [-0.2, 0) is 11.2 Å². The molecular formula is C15H18N2O3. The number of nitrogens with zero attached hydrogens (tertiary/aromatic N) is 1. The monoisotopic (exact) mass is 274 g/mol. The molecule has 2 rings (SSSR count). The van der Waals surface area contributed by atoms with E-state index in [0.717, 1.165) is 17.0 Å². The summed E-state index contributed by atoms with van der Waals surface area (Å²) in [5.74, 6) is -0.296. The van der Waals surface area contributed by atoms with Crippen LogP contribution in [0.15, 0.2) is 42.7 Å². The van der Waals surface area contributed by atoms with E-state index in [1.54, 1.807) is 7.11 Å². The second kappa shape index (κ2) is 5.38. The van der Waals surface area contributed by atoms with Gasteiger partial charge in [0, 0.05) is 18.8 Å². The Morgan fingerprint density at radius 1 is 1.40 bits per heavy atom. The molecule has 0 aliphatic heterocycles. The van der Waals surface area contributed by atoms with Crippen molar-refractivity contribution in [2.45, 2.75) is 18.9 Å². The zero-order chi connectivity index (χ0) is 14.8. The lowest BCUT2D eigenvalue weighted by Gasteiger charge is -2.20. The van der Waals surface area contributed by atoms with Crippen molar-refractivity contribution in [1.82, 2.24) is 4.57 Å². The molecule has 0 bridgehead atoms. The number of carboxylic acids is 1. The Morgan fingerprint density at radius 3 is 2.60 bits per heavy atom. The molecule has 0 saturated heterocycles. The number of carboxylic acid groups (broad SMARTS) is 1. The van der Waals surface area contributed by atoms with Crippen molar-refractivity contribution in [3.63, 3.8) is 0 Å². The fraction of sp³-hybridized carbons (Fsp3) is 0.267. The Hall–Kier alpha value is -2.27. The van der Waals surface area contributed by atoms with Crippen molar-refractivity contribution in [2.75, 3.05) is 7.11 Å². The molecule has 0 spiro atoms. The van der Waals surface area contributed by atoms with E-state index < -0.39 is 11.5 Å². The molecule has 5 heteroatoms. The molecule has 0 fully saturated rings. The standard InChI is InChI=1S/C15H18N2O3/c1-15(16,14(18)19)10-11-5-6-13(20-2)12(9-11)17-7-3-4-8-17/h3-9H,10,16H2,1-2H3,(H,18,19)/t15-/m0/s1. The molecule has 1 aromatic heterocycles. The Labute approximate surface area is 117 Å². The van der Waals surface area contributed by atoms with Gasteiger partial charge in [0.2, 0.25) is 0 Å². The van der Waals surface area contributed by atoms with Gasteiger partial charge in [-0.25, -0.2) is 0 Å². The van der Waals surface area contributed by atoms with Crippen LogP contribution in [0, 0.1) is 0 Å². The molecule has 0 amide bonds. The van der Waals surface area contributed by atoms with E-state index in [4.69, 9.17) is 15.6 Å². The average Bonchev–Trinajstić information content (AvgIpc) is 2.91. The second-order valence-electron chi connectivity index (χ2n) is 5.00. The average molecular weight is 274 g/mol. The van der Waals surface area contributed by atoms with Crippen LogP contribution in [-0.4, -0.2) is 28.3 Å². The highest BCUT2D eigenvalue weighted by Gasteiger charge is 2.28. The van der Waals surface area contributed by atoms with Crippen molar-refractivity contribution in [3.05, 3.63) is 48.3 Å². The molecule has 0 radical (unpaired) electrons. The van der Waals surface area contributed by atoms with E-state index in [1.807, 2.05) is 47.3 Å². The van der Waals surface area contributed by atoms with Gasteiger partial charge in [0.05, 0.1) is 12.8 Å². The fourth-order valence-corrected chi connectivity index (χ4v) is 2.04. The zero-order valence-corrected chi connectivity index (χ0v) is 11.5. The largest absolute Gasteiger partial charge is 0.495 e. The molecule has 0 unspecified atom stereocenters. The van der Waals surface area contributed by atoms with Gasteiger partial charge in [-0.05, 0) is 36.8 Å². The summed E-state index contributed by atoms with van der Waals surface area (Å²) in [5.41, 5.74) is 6.21. The highest BCUT2D eigenvalue weighted by Crippen LogP contribution is 2.25. The zero-order valence-electron chi connectivity index (χ0n) is 11.5. The highest BCUT2D eigenvalue weighted by molar-refractivity contribution is 5.78. The molecule has 1 aromatic carbocycles. The molecule has 0 aliphatic carbocycles. The quantitative estimate of drug-likeness (QED) is 0.872. The number of methoxy groups -OCH3 is 1. The summed E-state index contributed by atoms with van der Waals surface area (Å²) in [6, 6.07) is 9.38. The van der Waals surface area contributed by atoms with E-state index in [-0.39, 0.29) is 6.42 Å². The highest BCUT2D eigenvalue weighted by atomic mass is 16.5. The van der Waals surface area contributed by atoms with Crippen LogP contribution in [0.25, 0.3) is 5.69 Å². The van der Waals surface area contributed by atoms with Gasteiger partial charge >= 0.3 is 5.97 Å². The summed E-state index contributed by atoms with van der Waals surface area (Å²) in [6.45, 7) is 1.51. The van der Waals surface area contributed by atoms with Crippen LogP contribution in [0.3, 0.4) is 0 Å². The van der Waals surface area contributed by atoms with Crippen LogP contribution in [0.1, 0.15) is 12.5 Å². The molecular weight excluding hydrogens is 256 g/mol.